The van der Waals surface area contributed by atoms with Crippen molar-refractivity contribution < 1.29 is 19.4 Å². The van der Waals surface area contributed by atoms with E-state index in [1.807, 2.05) is 52.0 Å². The van der Waals surface area contributed by atoms with E-state index in [4.69, 9.17) is 4.74 Å². The summed E-state index contributed by atoms with van der Waals surface area (Å²) in [6, 6.07) is 9.48. The van der Waals surface area contributed by atoms with Crippen LogP contribution in [0, 0.1) is 12.8 Å². The van der Waals surface area contributed by atoms with Crippen LogP contribution in [-0.2, 0) is 4.79 Å². The van der Waals surface area contributed by atoms with E-state index in [9.17, 15) is 14.7 Å². The van der Waals surface area contributed by atoms with Gasteiger partial charge in [-0.3, -0.25) is 9.59 Å². The molecule has 2 heterocycles. The van der Waals surface area contributed by atoms with Crippen LogP contribution in [0.25, 0.3) is 11.1 Å². The minimum atomic E-state index is -0.352. The van der Waals surface area contributed by atoms with Crippen molar-refractivity contribution in [1.29, 1.82) is 0 Å². The highest BCUT2D eigenvalue weighted by Gasteiger charge is 2.34. The second-order valence-electron chi connectivity index (χ2n) is 8.69. The Hall–Kier alpha value is -2.93. The van der Waals surface area contributed by atoms with Gasteiger partial charge in [0.05, 0.1) is 19.2 Å². The normalized spacial score (nSPS) is 19.4. The summed E-state index contributed by atoms with van der Waals surface area (Å²) < 4.78 is 6.24. The molecule has 0 bridgehead atoms. The van der Waals surface area contributed by atoms with E-state index in [0.717, 1.165) is 16.7 Å². The quantitative estimate of drug-likeness (QED) is 0.748. The second kappa shape index (κ2) is 10.1. The lowest BCUT2D eigenvalue weighted by molar-refractivity contribution is -0.131. The van der Waals surface area contributed by atoms with Gasteiger partial charge in [0.1, 0.15) is 11.7 Å². The Morgan fingerprint density at radius 1 is 1.31 bits per heavy atom. The van der Waals surface area contributed by atoms with Gasteiger partial charge >= 0.3 is 0 Å². The van der Waals surface area contributed by atoms with E-state index >= 15 is 0 Å². The van der Waals surface area contributed by atoms with E-state index in [-0.39, 0.29) is 42.4 Å². The van der Waals surface area contributed by atoms with Gasteiger partial charge in [0, 0.05) is 37.7 Å². The largest absolute Gasteiger partial charge is 0.472 e. The van der Waals surface area contributed by atoms with Crippen LogP contribution in [0.1, 0.15) is 43.1 Å². The van der Waals surface area contributed by atoms with Crippen molar-refractivity contribution in [1.82, 2.24) is 14.8 Å². The third-order valence-electron chi connectivity index (χ3n) is 6.09. The lowest BCUT2D eigenvalue weighted by Gasteiger charge is -2.37. The highest BCUT2D eigenvalue weighted by atomic mass is 16.5. The first-order valence-corrected chi connectivity index (χ1v) is 11.1. The van der Waals surface area contributed by atoms with Crippen molar-refractivity contribution in [3.05, 3.63) is 47.7 Å². The Balaban J connectivity index is 2.03. The van der Waals surface area contributed by atoms with Crippen LogP contribution < -0.4 is 4.74 Å². The Morgan fingerprint density at radius 3 is 2.62 bits per heavy atom. The molecule has 1 aliphatic rings. The molecule has 1 aliphatic heterocycles. The molecule has 7 nitrogen and oxygen atoms in total. The topological polar surface area (TPSA) is 83.0 Å². The Labute approximate surface area is 190 Å². The zero-order chi connectivity index (χ0) is 23.4. The van der Waals surface area contributed by atoms with E-state index in [1.165, 1.54) is 0 Å². The number of pyridine rings is 1. The summed E-state index contributed by atoms with van der Waals surface area (Å²) in [5.74, 6) is 0.00963. The molecule has 0 aliphatic carbocycles. The second-order valence-corrected chi connectivity index (χ2v) is 8.69. The number of aromatic nitrogens is 1. The van der Waals surface area contributed by atoms with Crippen LogP contribution >= 0.6 is 0 Å². The number of carbonyl (C=O) groups is 2. The van der Waals surface area contributed by atoms with Crippen LogP contribution in [0.5, 0.6) is 5.88 Å². The molecule has 3 rings (SSSR count). The van der Waals surface area contributed by atoms with Gasteiger partial charge in [-0.1, -0.05) is 43.7 Å². The Bertz CT molecular complexity index is 960. The zero-order valence-corrected chi connectivity index (χ0v) is 19.5. The SMILES string of the molecule is CCC(=O)N(C)C[C@@H]1Oc2ncc(-c3ccc(C)cc3)cc2C(=O)N([C@@H](C)CO)C[C@@H]1C. The van der Waals surface area contributed by atoms with Gasteiger partial charge in [-0.05, 0) is 25.5 Å². The first-order valence-electron chi connectivity index (χ1n) is 11.1. The van der Waals surface area contributed by atoms with Crippen LogP contribution in [0.2, 0.25) is 0 Å². The number of benzene rings is 1. The summed E-state index contributed by atoms with van der Waals surface area (Å²) in [7, 11) is 1.76. The molecule has 172 valence electrons. The molecular formula is C25H33N3O4. The summed E-state index contributed by atoms with van der Waals surface area (Å²) in [5, 5.41) is 9.78. The minimum absolute atomic E-state index is 0.0300. The lowest BCUT2D eigenvalue weighted by atomic mass is 9.99. The van der Waals surface area contributed by atoms with Crippen LogP contribution in [0.3, 0.4) is 0 Å². The number of amides is 2. The molecule has 2 aromatic rings. The summed E-state index contributed by atoms with van der Waals surface area (Å²) in [5.41, 5.74) is 3.30. The number of fused-ring (bicyclic) bond motifs is 1. The predicted octanol–water partition coefficient (Wildman–Crippen LogP) is 3.15. The highest BCUT2D eigenvalue weighted by Crippen LogP contribution is 2.30. The molecule has 32 heavy (non-hydrogen) atoms. The number of aryl methyl sites for hydroxylation is 1. The maximum absolute atomic E-state index is 13.5. The van der Waals surface area contributed by atoms with Crippen molar-refractivity contribution in [2.24, 2.45) is 5.92 Å². The molecule has 1 aromatic carbocycles. The Morgan fingerprint density at radius 2 is 2.00 bits per heavy atom. The molecular weight excluding hydrogens is 406 g/mol. The molecule has 2 amide bonds. The molecule has 0 spiro atoms. The van der Waals surface area contributed by atoms with Gasteiger partial charge in [0.2, 0.25) is 11.8 Å². The average molecular weight is 440 g/mol. The number of likely N-dealkylation sites (N-methyl/N-ethyl adjacent to an activating group) is 1. The lowest BCUT2D eigenvalue weighted by Crippen LogP contribution is -2.50. The number of rotatable bonds is 6. The standard InChI is InChI=1S/C25H33N3O4/c1-6-23(30)27(5)14-22-17(3)13-28(18(4)15-29)25(31)21-11-20(12-26-24(21)32-22)19-9-7-16(2)8-10-19/h7-12,17-18,22,29H,6,13-15H2,1-5H3/t17-,18-,22-/m0/s1. The fourth-order valence-corrected chi connectivity index (χ4v) is 3.87. The van der Waals surface area contributed by atoms with E-state index in [1.54, 1.807) is 29.1 Å². The molecule has 0 radical (unpaired) electrons. The van der Waals surface area contributed by atoms with Gasteiger partial charge in [0.15, 0.2) is 0 Å². The molecule has 0 saturated heterocycles. The number of aliphatic hydroxyl groups excluding tert-OH is 1. The molecule has 0 fully saturated rings. The molecule has 0 saturated carbocycles. The Kier molecular flexibility index (Phi) is 7.51. The minimum Gasteiger partial charge on any atom is -0.472 e. The molecule has 3 atom stereocenters. The first kappa shape index (κ1) is 23.7. The van der Waals surface area contributed by atoms with E-state index in [0.29, 0.717) is 25.1 Å². The summed E-state index contributed by atoms with van der Waals surface area (Å²) in [6.07, 6.45) is 1.78. The highest BCUT2D eigenvalue weighted by molar-refractivity contribution is 5.98. The summed E-state index contributed by atoms with van der Waals surface area (Å²) in [6.45, 7) is 8.33. The maximum Gasteiger partial charge on any atom is 0.259 e. The summed E-state index contributed by atoms with van der Waals surface area (Å²) >= 11 is 0. The van der Waals surface area contributed by atoms with Crippen LogP contribution in [0.15, 0.2) is 36.5 Å². The van der Waals surface area contributed by atoms with E-state index in [2.05, 4.69) is 4.98 Å². The zero-order valence-electron chi connectivity index (χ0n) is 19.5. The predicted molar refractivity (Wildman–Crippen MR) is 124 cm³/mol. The van der Waals surface area contributed by atoms with Crippen LogP contribution in [0.4, 0.5) is 0 Å². The van der Waals surface area contributed by atoms with Crippen molar-refractivity contribution in [3.63, 3.8) is 0 Å². The van der Waals surface area contributed by atoms with Crippen LogP contribution in [-0.4, -0.2) is 70.6 Å². The van der Waals surface area contributed by atoms with Gasteiger partial charge in [-0.15, -0.1) is 0 Å². The third-order valence-corrected chi connectivity index (χ3v) is 6.09. The molecule has 0 unspecified atom stereocenters. The van der Waals surface area contributed by atoms with Gasteiger partial charge < -0.3 is 19.6 Å². The maximum atomic E-state index is 13.5. The van der Waals surface area contributed by atoms with Crippen molar-refractivity contribution in [3.8, 4) is 17.0 Å². The number of ether oxygens (including phenoxy) is 1. The monoisotopic (exact) mass is 439 g/mol. The molecule has 1 aromatic heterocycles. The number of carbonyl (C=O) groups excluding carboxylic acids is 2. The fraction of sp³-hybridized carbons (Fsp3) is 0.480. The fourth-order valence-electron chi connectivity index (χ4n) is 3.87. The third kappa shape index (κ3) is 5.10. The number of nitrogens with zero attached hydrogens (tertiary/aromatic N) is 3. The summed E-state index contributed by atoms with van der Waals surface area (Å²) in [4.78, 5) is 33.5. The average Bonchev–Trinajstić information content (AvgIpc) is 2.80. The smallest absolute Gasteiger partial charge is 0.259 e. The number of hydrogen-bond donors (Lipinski definition) is 1. The first-order chi connectivity index (χ1) is 15.2. The molecule has 7 heteroatoms. The van der Waals surface area contributed by atoms with Gasteiger partial charge in [0.25, 0.3) is 5.91 Å². The van der Waals surface area contributed by atoms with Gasteiger partial charge in [-0.2, -0.15) is 0 Å². The van der Waals surface area contributed by atoms with Crippen molar-refractivity contribution >= 4 is 11.8 Å². The van der Waals surface area contributed by atoms with Crippen molar-refractivity contribution in [2.45, 2.75) is 46.3 Å². The van der Waals surface area contributed by atoms with Gasteiger partial charge in [-0.25, -0.2) is 4.98 Å². The molecule has 1 N–H and O–H groups in total. The number of aliphatic hydroxyl groups is 1. The van der Waals surface area contributed by atoms with Crippen molar-refractivity contribution in [2.75, 3.05) is 26.7 Å². The number of hydrogen-bond acceptors (Lipinski definition) is 5. The van der Waals surface area contributed by atoms with E-state index < -0.39 is 0 Å².